The highest BCUT2D eigenvalue weighted by molar-refractivity contribution is 6.99. The van der Waals surface area contributed by atoms with E-state index in [0.29, 0.717) is 6.42 Å². The predicted octanol–water partition coefficient (Wildman–Crippen LogP) is 4.95. The number of hydrogen-bond donors (Lipinski definition) is 1. The topological polar surface area (TPSA) is 29.5 Å². The van der Waals surface area contributed by atoms with Gasteiger partial charge in [-0.15, -0.1) is 0 Å². The summed E-state index contributed by atoms with van der Waals surface area (Å²) in [5.41, 5.74) is 1.31. The lowest BCUT2D eigenvalue weighted by Gasteiger charge is -2.45. The summed E-state index contributed by atoms with van der Waals surface area (Å²) >= 11 is 0. The van der Waals surface area contributed by atoms with E-state index in [9.17, 15) is 5.11 Å². The van der Waals surface area contributed by atoms with Gasteiger partial charge in [0.2, 0.25) is 0 Å². The van der Waals surface area contributed by atoms with E-state index in [1.807, 2.05) is 6.07 Å². The van der Waals surface area contributed by atoms with E-state index in [-0.39, 0.29) is 17.7 Å². The molecule has 158 valence electrons. The van der Waals surface area contributed by atoms with Crippen LogP contribution >= 0.6 is 0 Å². The molecule has 0 aliphatic heterocycles. The van der Waals surface area contributed by atoms with Gasteiger partial charge in [-0.2, -0.15) is 0 Å². The molecule has 0 spiro atoms. The molecule has 3 aromatic carbocycles. The van der Waals surface area contributed by atoms with Crippen molar-refractivity contribution in [1.29, 1.82) is 0 Å². The highest BCUT2D eigenvalue weighted by Crippen LogP contribution is 2.38. The first-order valence-electron chi connectivity index (χ1n) is 10.9. The summed E-state index contributed by atoms with van der Waals surface area (Å²) in [7, 11) is -2.60. The summed E-state index contributed by atoms with van der Waals surface area (Å²) in [6, 6.07) is 32.0. The van der Waals surface area contributed by atoms with Gasteiger partial charge in [-0.1, -0.05) is 112 Å². The van der Waals surface area contributed by atoms with Crippen molar-refractivity contribution >= 4 is 18.7 Å². The van der Waals surface area contributed by atoms with Crippen LogP contribution < -0.4 is 10.4 Å². The molecule has 1 atom stereocenters. The Morgan fingerprint density at radius 3 is 1.63 bits per heavy atom. The molecule has 0 aromatic heterocycles. The second kappa shape index (κ2) is 10.2. The van der Waals surface area contributed by atoms with Gasteiger partial charge in [0.25, 0.3) is 8.32 Å². The molecule has 0 radical (unpaired) electrons. The minimum atomic E-state index is -2.60. The molecule has 0 aliphatic carbocycles. The normalized spacial score (nSPS) is 13.2. The first-order valence-corrected chi connectivity index (χ1v) is 12.8. The molecule has 3 aromatic rings. The summed E-state index contributed by atoms with van der Waals surface area (Å²) in [6.07, 6.45) is 2.50. The van der Waals surface area contributed by atoms with Gasteiger partial charge >= 0.3 is 0 Å². The number of aryl methyl sites for hydroxylation is 1. The van der Waals surface area contributed by atoms with E-state index in [1.54, 1.807) is 0 Å². The van der Waals surface area contributed by atoms with E-state index in [1.165, 1.54) is 15.9 Å². The smallest absolute Gasteiger partial charge is 0.261 e. The quantitative estimate of drug-likeness (QED) is 0.498. The van der Waals surface area contributed by atoms with Gasteiger partial charge in [-0.3, -0.25) is 0 Å². The highest BCUT2D eigenvalue weighted by Gasteiger charge is 2.51. The standard InChI is InChI=1S/C27H34O2Si/c1-27(2,3)30(25-15-9-5-10-16-25,26-17-11-6-12-18-26)29-24(21-22-28)20-19-23-13-7-4-8-14-23/h4-18,24,28H,19-22H2,1-3H3/t24-/m1/s1. The molecule has 0 amide bonds. The fraction of sp³-hybridized carbons (Fsp3) is 0.333. The van der Waals surface area contributed by atoms with E-state index < -0.39 is 8.32 Å². The van der Waals surface area contributed by atoms with Crippen molar-refractivity contribution < 1.29 is 9.53 Å². The average Bonchev–Trinajstić information content (AvgIpc) is 2.77. The van der Waals surface area contributed by atoms with Crippen LogP contribution in [0.4, 0.5) is 0 Å². The zero-order valence-electron chi connectivity index (χ0n) is 18.4. The Kier molecular flexibility index (Phi) is 7.65. The molecule has 1 N–H and O–H groups in total. The molecule has 30 heavy (non-hydrogen) atoms. The van der Waals surface area contributed by atoms with Crippen LogP contribution in [0.15, 0.2) is 91.0 Å². The zero-order valence-corrected chi connectivity index (χ0v) is 19.4. The lowest BCUT2D eigenvalue weighted by Crippen LogP contribution is -2.67. The van der Waals surface area contributed by atoms with Crippen LogP contribution in [0.25, 0.3) is 0 Å². The van der Waals surface area contributed by atoms with Crippen molar-refractivity contribution in [3.05, 3.63) is 96.6 Å². The maximum absolute atomic E-state index is 9.81. The number of rotatable bonds is 9. The second-order valence-electron chi connectivity index (χ2n) is 8.94. The number of hydrogen-bond acceptors (Lipinski definition) is 2. The Morgan fingerprint density at radius 1 is 0.733 bits per heavy atom. The number of aliphatic hydroxyl groups excluding tert-OH is 1. The molecular weight excluding hydrogens is 384 g/mol. The molecule has 0 aliphatic rings. The molecule has 0 heterocycles. The van der Waals surface area contributed by atoms with Crippen molar-refractivity contribution in [2.45, 2.75) is 51.2 Å². The summed E-state index contributed by atoms with van der Waals surface area (Å²) in [6.45, 7) is 7.03. The van der Waals surface area contributed by atoms with Crippen LogP contribution in [0.3, 0.4) is 0 Å². The fourth-order valence-electron chi connectivity index (χ4n) is 4.32. The molecule has 0 fully saturated rings. The average molecular weight is 419 g/mol. The van der Waals surface area contributed by atoms with Gasteiger partial charge in [-0.25, -0.2) is 0 Å². The van der Waals surface area contributed by atoms with Crippen LogP contribution in [-0.4, -0.2) is 26.1 Å². The zero-order chi connectivity index (χ0) is 21.5. The molecule has 2 nitrogen and oxygen atoms in total. The van der Waals surface area contributed by atoms with E-state index in [0.717, 1.165) is 12.8 Å². The molecule has 0 bridgehead atoms. The van der Waals surface area contributed by atoms with Crippen molar-refractivity contribution in [3.8, 4) is 0 Å². The Bertz CT molecular complexity index is 834. The van der Waals surface area contributed by atoms with Gasteiger partial charge in [-0.05, 0) is 40.2 Å². The van der Waals surface area contributed by atoms with Crippen LogP contribution in [-0.2, 0) is 10.8 Å². The molecule has 3 heteroatoms. The lowest BCUT2D eigenvalue weighted by molar-refractivity contribution is 0.136. The van der Waals surface area contributed by atoms with Crippen molar-refractivity contribution in [2.24, 2.45) is 0 Å². The molecular formula is C27H34O2Si. The van der Waals surface area contributed by atoms with Gasteiger partial charge in [0.15, 0.2) is 0 Å². The summed E-state index contributed by atoms with van der Waals surface area (Å²) < 4.78 is 7.22. The maximum Gasteiger partial charge on any atom is 0.261 e. The Balaban J connectivity index is 2.01. The van der Waals surface area contributed by atoms with Gasteiger partial charge in [0.05, 0.1) is 0 Å². The Hall–Kier alpha value is -2.20. The third-order valence-corrected chi connectivity index (χ3v) is 10.9. The number of benzene rings is 3. The molecule has 0 saturated carbocycles. The maximum atomic E-state index is 9.81. The van der Waals surface area contributed by atoms with Crippen LogP contribution in [0.5, 0.6) is 0 Å². The largest absolute Gasteiger partial charge is 0.404 e. The van der Waals surface area contributed by atoms with Crippen molar-refractivity contribution in [2.75, 3.05) is 6.61 Å². The third-order valence-electron chi connectivity index (χ3n) is 5.81. The summed E-state index contributed by atoms with van der Waals surface area (Å²) in [5.74, 6) is 0. The summed E-state index contributed by atoms with van der Waals surface area (Å²) in [4.78, 5) is 0. The molecule has 3 rings (SSSR count). The molecule has 0 unspecified atom stereocenters. The van der Waals surface area contributed by atoms with Crippen molar-refractivity contribution in [3.63, 3.8) is 0 Å². The minimum absolute atomic E-state index is 0.00140. The monoisotopic (exact) mass is 418 g/mol. The second-order valence-corrected chi connectivity index (χ2v) is 13.2. The molecule has 0 saturated heterocycles. The first-order chi connectivity index (χ1) is 14.5. The van der Waals surface area contributed by atoms with Gasteiger partial charge in [0, 0.05) is 12.7 Å². The predicted molar refractivity (Wildman–Crippen MR) is 129 cm³/mol. The van der Waals surface area contributed by atoms with E-state index in [4.69, 9.17) is 4.43 Å². The van der Waals surface area contributed by atoms with Crippen LogP contribution in [0, 0.1) is 0 Å². The highest BCUT2D eigenvalue weighted by atomic mass is 28.4. The van der Waals surface area contributed by atoms with Crippen molar-refractivity contribution in [1.82, 2.24) is 0 Å². The minimum Gasteiger partial charge on any atom is -0.404 e. The van der Waals surface area contributed by atoms with Gasteiger partial charge in [0.1, 0.15) is 0 Å². The summed E-state index contributed by atoms with van der Waals surface area (Å²) in [5, 5.41) is 12.3. The van der Waals surface area contributed by atoms with Gasteiger partial charge < -0.3 is 9.53 Å². The fourth-order valence-corrected chi connectivity index (χ4v) is 9.07. The SMILES string of the molecule is CC(C)(C)[Si](O[C@@H](CCO)CCc1ccccc1)(c1ccccc1)c1ccccc1. The Morgan fingerprint density at radius 2 is 1.20 bits per heavy atom. The lowest BCUT2D eigenvalue weighted by atomic mass is 10.1. The van der Waals surface area contributed by atoms with E-state index in [2.05, 4.69) is 106 Å². The Labute approximate surface area is 182 Å². The number of aliphatic hydroxyl groups is 1. The first kappa shape index (κ1) is 22.5. The van der Waals surface area contributed by atoms with Crippen LogP contribution in [0.1, 0.15) is 39.2 Å². The van der Waals surface area contributed by atoms with E-state index >= 15 is 0 Å². The third kappa shape index (κ3) is 5.09. The van der Waals surface area contributed by atoms with Crippen LogP contribution in [0.2, 0.25) is 5.04 Å².